The molecule has 1 aliphatic heterocycles. The van der Waals surface area contributed by atoms with E-state index in [1.807, 2.05) is 0 Å². The highest BCUT2D eigenvalue weighted by atomic mass is 15.2. The van der Waals surface area contributed by atoms with Crippen LogP contribution in [-0.2, 0) is 0 Å². The van der Waals surface area contributed by atoms with Crippen LogP contribution in [0.3, 0.4) is 0 Å². The van der Waals surface area contributed by atoms with Gasteiger partial charge in [-0.1, -0.05) is 0 Å². The van der Waals surface area contributed by atoms with Gasteiger partial charge in [0.25, 0.3) is 0 Å². The number of nitrogens with two attached hydrogens (primary N) is 2. The van der Waals surface area contributed by atoms with Crippen LogP contribution in [0.2, 0.25) is 0 Å². The summed E-state index contributed by atoms with van der Waals surface area (Å²) in [6.45, 7) is 8.98. The predicted molar refractivity (Wildman–Crippen MR) is 76.5 cm³/mol. The van der Waals surface area contributed by atoms with Gasteiger partial charge in [-0.3, -0.25) is 4.90 Å². The number of anilines is 2. The zero-order chi connectivity index (χ0) is 14.4. The number of nitrogens with zero attached hydrogens (tertiary/aromatic N) is 4. The van der Waals surface area contributed by atoms with E-state index in [-0.39, 0.29) is 28.9 Å². The second-order valence-corrected chi connectivity index (χ2v) is 6.70. The highest BCUT2D eigenvalue weighted by molar-refractivity contribution is 5.27. The van der Waals surface area contributed by atoms with Crippen LogP contribution in [0.25, 0.3) is 0 Å². The largest absolute Gasteiger partial charge is 0.368 e. The Kier molecular flexibility index (Phi) is 3.16. The van der Waals surface area contributed by atoms with Crippen LogP contribution in [0.1, 0.15) is 52.3 Å². The van der Waals surface area contributed by atoms with Crippen molar-refractivity contribution in [3.8, 4) is 0 Å². The third kappa shape index (κ3) is 2.63. The molecule has 1 aliphatic rings. The SMILES string of the molecule is CN1C(C)(C)CC(c2nc(N)nc(N)n2)CC1(C)C. The lowest BCUT2D eigenvalue weighted by Gasteiger charge is -2.53. The lowest BCUT2D eigenvalue weighted by molar-refractivity contribution is -0.0142. The Morgan fingerprint density at radius 2 is 1.37 bits per heavy atom. The fourth-order valence-electron chi connectivity index (χ4n) is 3.16. The first-order chi connectivity index (χ1) is 8.62. The molecule has 0 amide bonds. The summed E-state index contributed by atoms with van der Waals surface area (Å²) < 4.78 is 0. The van der Waals surface area contributed by atoms with Crippen molar-refractivity contribution in [3.05, 3.63) is 5.82 Å². The normalized spacial score (nSPS) is 23.4. The Balaban J connectivity index is 2.36. The summed E-state index contributed by atoms with van der Waals surface area (Å²) in [7, 11) is 2.17. The molecule has 0 spiro atoms. The Labute approximate surface area is 114 Å². The van der Waals surface area contributed by atoms with Crippen molar-refractivity contribution < 1.29 is 0 Å². The summed E-state index contributed by atoms with van der Waals surface area (Å²) in [4.78, 5) is 14.8. The van der Waals surface area contributed by atoms with Gasteiger partial charge in [-0.15, -0.1) is 0 Å². The Bertz CT molecular complexity index is 444. The van der Waals surface area contributed by atoms with E-state index in [0.29, 0.717) is 0 Å². The minimum atomic E-state index is 0.0859. The molecular formula is C13H24N6. The van der Waals surface area contributed by atoms with Gasteiger partial charge >= 0.3 is 0 Å². The summed E-state index contributed by atoms with van der Waals surface area (Å²) in [5, 5.41) is 0. The van der Waals surface area contributed by atoms with Crippen LogP contribution < -0.4 is 11.5 Å². The van der Waals surface area contributed by atoms with E-state index in [9.17, 15) is 0 Å². The standard InChI is InChI=1S/C13H24N6/c1-12(2)6-8(7-13(3,4)19(12)5)9-16-10(14)18-11(15)17-9/h8H,6-7H2,1-5H3,(H4,14,15,16,17,18). The number of likely N-dealkylation sites (tertiary alicyclic amines) is 1. The lowest BCUT2D eigenvalue weighted by Crippen LogP contribution is -2.58. The van der Waals surface area contributed by atoms with Gasteiger partial charge in [-0.05, 0) is 47.6 Å². The quantitative estimate of drug-likeness (QED) is 0.796. The fraction of sp³-hybridized carbons (Fsp3) is 0.769. The third-order valence-electron chi connectivity index (χ3n) is 4.36. The van der Waals surface area contributed by atoms with Gasteiger partial charge in [0.05, 0.1) is 0 Å². The average molecular weight is 264 g/mol. The summed E-state index contributed by atoms with van der Waals surface area (Å²) in [5.74, 6) is 1.39. The van der Waals surface area contributed by atoms with Gasteiger partial charge in [0.1, 0.15) is 5.82 Å². The highest BCUT2D eigenvalue weighted by Gasteiger charge is 2.44. The molecule has 106 valence electrons. The third-order valence-corrected chi connectivity index (χ3v) is 4.36. The van der Waals surface area contributed by atoms with Gasteiger partial charge in [-0.25, -0.2) is 0 Å². The van der Waals surface area contributed by atoms with E-state index >= 15 is 0 Å². The maximum Gasteiger partial charge on any atom is 0.225 e. The van der Waals surface area contributed by atoms with E-state index in [2.05, 4.69) is 54.6 Å². The van der Waals surface area contributed by atoms with Gasteiger partial charge in [0.15, 0.2) is 0 Å². The van der Waals surface area contributed by atoms with E-state index in [1.54, 1.807) is 0 Å². The van der Waals surface area contributed by atoms with Crippen LogP contribution in [0, 0.1) is 0 Å². The van der Waals surface area contributed by atoms with Crippen LogP contribution >= 0.6 is 0 Å². The van der Waals surface area contributed by atoms with Crippen LogP contribution in [0.5, 0.6) is 0 Å². The van der Waals surface area contributed by atoms with Gasteiger partial charge in [0.2, 0.25) is 11.9 Å². The molecule has 2 rings (SSSR count). The summed E-state index contributed by atoms with van der Waals surface area (Å²) in [6, 6.07) is 0. The first kappa shape index (κ1) is 14.0. The zero-order valence-corrected chi connectivity index (χ0v) is 12.4. The maximum atomic E-state index is 5.68. The molecule has 4 N–H and O–H groups in total. The van der Waals surface area contributed by atoms with E-state index in [0.717, 1.165) is 18.7 Å². The second-order valence-electron chi connectivity index (χ2n) is 6.70. The van der Waals surface area contributed by atoms with Crippen LogP contribution in [0.15, 0.2) is 0 Å². The summed E-state index contributed by atoms with van der Waals surface area (Å²) in [5.41, 5.74) is 11.5. The van der Waals surface area contributed by atoms with Crippen molar-refractivity contribution in [1.82, 2.24) is 19.9 Å². The van der Waals surface area contributed by atoms with Crippen molar-refractivity contribution >= 4 is 11.9 Å². The van der Waals surface area contributed by atoms with E-state index < -0.39 is 0 Å². The number of rotatable bonds is 1. The molecular weight excluding hydrogens is 240 g/mol. The van der Waals surface area contributed by atoms with Crippen molar-refractivity contribution in [1.29, 1.82) is 0 Å². The first-order valence-electron chi connectivity index (χ1n) is 6.63. The topological polar surface area (TPSA) is 94.0 Å². The summed E-state index contributed by atoms with van der Waals surface area (Å²) >= 11 is 0. The molecule has 1 saturated heterocycles. The molecule has 6 nitrogen and oxygen atoms in total. The number of piperidine rings is 1. The lowest BCUT2D eigenvalue weighted by atomic mass is 9.74. The van der Waals surface area contributed by atoms with Crippen molar-refractivity contribution in [2.75, 3.05) is 18.5 Å². The molecule has 1 fully saturated rings. The number of hydrogen-bond acceptors (Lipinski definition) is 6. The fourth-order valence-corrected chi connectivity index (χ4v) is 3.16. The molecule has 1 aromatic rings. The molecule has 0 saturated carbocycles. The first-order valence-corrected chi connectivity index (χ1v) is 6.63. The predicted octanol–water partition coefficient (Wildman–Crippen LogP) is 1.40. The van der Waals surface area contributed by atoms with Gasteiger partial charge in [0, 0.05) is 17.0 Å². The van der Waals surface area contributed by atoms with Gasteiger partial charge < -0.3 is 11.5 Å². The Morgan fingerprint density at radius 3 is 1.79 bits per heavy atom. The molecule has 1 aromatic heterocycles. The van der Waals surface area contributed by atoms with Crippen LogP contribution in [-0.4, -0.2) is 38.0 Å². The second kappa shape index (κ2) is 4.30. The number of hydrogen-bond donors (Lipinski definition) is 2. The molecule has 0 aliphatic carbocycles. The minimum Gasteiger partial charge on any atom is -0.368 e. The molecule has 6 heteroatoms. The maximum absolute atomic E-state index is 5.68. The molecule has 0 atom stereocenters. The summed E-state index contributed by atoms with van der Waals surface area (Å²) in [6.07, 6.45) is 1.96. The monoisotopic (exact) mass is 264 g/mol. The number of aromatic nitrogens is 3. The molecule has 0 radical (unpaired) electrons. The molecule has 19 heavy (non-hydrogen) atoms. The Hall–Kier alpha value is -1.43. The minimum absolute atomic E-state index is 0.0859. The molecule has 2 heterocycles. The van der Waals surface area contributed by atoms with Crippen molar-refractivity contribution in [2.24, 2.45) is 0 Å². The highest BCUT2D eigenvalue weighted by Crippen LogP contribution is 2.43. The molecule has 0 aromatic carbocycles. The van der Waals surface area contributed by atoms with Crippen molar-refractivity contribution in [3.63, 3.8) is 0 Å². The van der Waals surface area contributed by atoms with Gasteiger partial charge in [-0.2, -0.15) is 15.0 Å². The average Bonchev–Trinajstić information content (AvgIpc) is 2.23. The van der Waals surface area contributed by atoms with E-state index in [1.165, 1.54) is 0 Å². The van der Waals surface area contributed by atoms with Crippen LogP contribution in [0.4, 0.5) is 11.9 Å². The zero-order valence-electron chi connectivity index (χ0n) is 12.4. The van der Waals surface area contributed by atoms with E-state index in [4.69, 9.17) is 11.5 Å². The molecule has 0 bridgehead atoms. The van der Waals surface area contributed by atoms with Crippen molar-refractivity contribution in [2.45, 2.75) is 57.5 Å². The molecule has 0 unspecified atom stereocenters. The number of nitrogen functional groups attached to an aromatic ring is 2. The smallest absolute Gasteiger partial charge is 0.225 e. The Morgan fingerprint density at radius 1 is 0.947 bits per heavy atom.